The second kappa shape index (κ2) is 10.6. The van der Waals surface area contributed by atoms with Crippen molar-refractivity contribution in [2.75, 3.05) is 13.1 Å². The molecule has 0 bridgehead atoms. The molecule has 5 nitrogen and oxygen atoms in total. The van der Waals surface area contributed by atoms with Crippen LogP contribution in [0.5, 0.6) is 0 Å². The van der Waals surface area contributed by atoms with Crippen LogP contribution in [0.1, 0.15) is 43.7 Å². The van der Waals surface area contributed by atoms with E-state index in [-0.39, 0.29) is 6.61 Å². The third kappa shape index (κ3) is 5.88. The topological polar surface area (TPSA) is 66.8 Å². The number of piperidine rings is 1. The van der Waals surface area contributed by atoms with Gasteiger partial charge in [0.2, 0.25) is 0 Å². The van der Waals surface area contributed by atoms with Crippen LogP contribution in [0.4, 0.5) is 4.79 Å². The first-order chi connectivity index (χ1) is 14.8. The van der Waals surface area contributed by atoms with Gasteiger partial charge in [-0.05, 0) is 36.5 Å². The molecule has 0 atom stereocenters. The maximum absolute atomic E-state index is 12.3. The van der Waals surface area contributed by atoms with Crippen LogP contribution < -0.4 is 0 Å². The molecule has 2 aromatic rings. The maximum Gasteiger partial charge on any atom is 0.410 e. The summed E-state index contributed by atoms with van der Waals surface area (Å²) in [6, 6.07) is 11.9. The number of amides is 1. The number of carboxylic acids is 1. The molecule has 0 unspecified atom stereocenters. The van der Waals surface area contributed by atoms with E-state index in [0.717, 1.165) is 9.79 Å². The van der Waals surface area contributed by atoms with E-state index in [2.05, 4.69) is 26.0 Å². The lowest BCUT2D eigenvalue weighted by Gasteiger charge is -2.29. The van der Waals surface area contributed by atoms with Crippen LogP contribution in [0.25, 0.3) is 0 Å². The number of aliphatic carboxylic acids is 1. The molecule has 1 heterocycles. The van der Waals surface area contributed by atoms with Gasteiger partial charge in [-0.15, -0.1) is 0 Å². The normalized spacial score (nSPS) is 14.7. The van der Waals surface area contributed by atoms with E-state index in [0.29, 0.717) is 47.5 Å². The zero-order valence-electron chi connectivity index (χ0n) is 17.4. The SMILES string of the molecule is CC(C)c1ccccc1Sc1ccc(COC(=O)N2CCC(C(=O)O)CC2)c(Cl)c1Cl. The van der Waals surface area contributed by atoms with Gasteiger partial charge in [-0.25, -0.2) is 4.79 Å². The Labute approximate surface area is 196 Å². The number of hydrogen-bond acceptors (Lipinski definition) is 4. The molecule has 1 N–H and O–H groups in total. The number of hydrogen-bond donors (Lipinski definition) is 1. The minimum Gasteiger partial charge on any atom is -0.481 e. The van der Waals surface area contributed by atoms with Crippen molar-refractivity contribution in [3.05, 3.63) is 57.6 Å². The van der Waals surface area contributed by atoms with Crippen molar-refractivity contribution < 1.29 is 19.4 Å². The molecule has 2 aromatic carbocycles. The molecule has 0 aromatic heterocycles. The van der Waals surface area contributed by atoms with E-state index < -0.39 is 18.0 Å². The predicted molar refractivity (Wildman–Crippen MR) is 123 cm³/mol. The Morgan fingerprint density at radius 3 is 2.42 bits per heavy atom. The van der Waals surface area contributed by atoms with E-state index in [1.807, 2.05) is 24.3 Å². The van der Waals surface area contributed by atoms with Crippen LogP contribution >= 0.6 is 35.0 Å². The van der Waals surface area contributed by atoms with E-state index in [4.69, 9.17) is 33.0 Å². The molecular formula is C23H25Cl2NO4S. The molecule has 0 aliphatic carbocycles. The van der Waals surface area contributed by atoms with Crippen molar-refractivity contribution in [2.24, 2.45) is 5.92 Å². The Morgan fingerprint density at radius 2 is 1.77 bits per heavy atom. The highest BCUT2D eigenvalue weighted by molar-refractivity contribution is 7.99. The van der Waals surface area contributed by atoms with Crippen molar-refractivity contribution in [1.82, 2.24) is 4.90 Å². The van der Waals surface area contributed by atoms with Gasteiger partial charge in [-0.2, -0.15) is 0 Å². The number of nitrogens with zero attached hydrogens (tertiary/aromatic N) is 1. The molecule has 31 heavy (non-hydrogen) atoms. The lowest BCUT2D eigenvalue weighted by atomic mass is 9.97. The zero-order chi connectivity index (χ0) is 22.5. The molecule has 1 aliphatic rings. The van der Waals surface area contributed by atoms with E-state index in [1.165, 1.54) is 10.5 Å². The quantitative estimate of drug-likeness (QED) is 0.496. The smallest absolute Gasteiger partial charge is 0.410 e. The first-order valence-corrected chi connectivity index (χ1v) is 11.7. The maximum atomic E-state index is 12.3. The highest BCUT2D eigenvalue weighted by Gasteiger charge is 2.28. The molecule has 3 rings (SSSR count). The summed E-state index contributed by atoms with van der Waals surface area (Å²) in [6.45, 7) is 5.04. The molecule has 0 saturated carbocycles. The van der Waals surface area contributed by atoms with Crippen LogP contribution in [0.3, 0.4) is 0 Å². The fourth-order valence-electron chi connectivity index (χ4n) is 3.47. The molecule has 0 spiro atoms. The van der Waals surface area contributed by atoms with Crippen molar-refractivity contribution in [3.8, 4) is 0 Å². The summed E-state index contributed by atoms with van der Waals surface area (Å²) in [4.78, 5) is 26.9. The average Bonchev–Trinajstić information content (AvgIpc) is 2.76. The molecule has 1 fully saturated rings. The summed E-state index contributed by atoms with van der Waals surface area (Å²) in [5, 5.41) is 9.86. The van der Waals surface area contributed by atoms with Crippen LogP contribution in [0, 0.1) is 5.92 Å². The molecule has 1 amide bonds. The summed E-state index contributed by atoms with van der Waals surface area (Å²) in [5.41, 5.74) is 1.87. The van der Waals surface area contributed by atoms with Gasteiger partial charge in [0.1, 0.15) is 6.61 Å². The number of likely N-dealkylation sites (tertiary alicyclic amines) is 1. The molecule has 1 aliphatic heterocycles. The number of rotatable bonds is 6. The van der Waals surface area contributed by atoms with Crippen LogP contribution in [0.2, 0.25) is 10.0 Å². The highest BCUT2D eigenvalue weighted by atomic mass is 35.5. The third-order valence-electron chi connectivity index (χ3n) is 5.34. The molecule has 1 saturated heterocycles. The number of carboxylic acid groups (broad SMARTS) is 1. The van der Waals surface area contributed by atoms with Gasteiger partial charge in [-0.3, -0.25) is 4.79 Å². The van der Waals surface area contributed by atoms with Gasteiger partial charge in [0, 0.05) is 28.4 Å². The molecular weight excluding hydrogens is 457 g/mol. The first-order valence-electron chi connectivity index (χ1n) is 10.2. The van der Waals surface area contributed by atoms with Gasteiger partial charge in [0.25, 0.3) is 0 Å². The molecule has 0 radical (unpaired) electrons. The van der Waals surface area contributed by atoms with Crippen LogP contribution in [0.15, 0.2) is 46.2 Å². The average molecular weight is 482 g/mol. The van der Waals surface area contributed by atoms with Crippen molar-refractivity contribution in [2.45, 2.75) is 49.0 Å². The minimum absolute atomic E-state index is 0.00374. The number of carbonyl (C=O) groups is 2. The highest BCUT2D eigenvalue weighted by Crippen LogP contribution is 2.41. The summed E-state index contributed by atoms with van der Waals surface area (Å²) in [5.74, 6) is -0.830. The van der Waals surface area contributed by atoms with Gasteiger partial charge in [0.15, 0.2) is 0 Å². The van der Waals surface area contributed by atoms with Crippen molar-refractivity contribution >= 4 is 47.0 Å². The Balaban J connectivity index is 1.63. The van der Waals surface area contributed by atoms with E-state index in [9.17, 15) is 9.59 Å². The summed E-state index contributed by atoms with van der Waals surface area (Å²) >= 11 is 14.6. The Hall–Kier alpha value is -1.89. The first kappa shape index (κ1) is 23.8. The number of ether oxygens (including phenoxy) is 1. The summed E-state index contributed by atoms with van der Waals surface area (Å²) in [7, 11) is 0. The summed E-state index contributed by atoms with van der Waals surface area (Å²) < 4.78 is 5.40. The largest absolute Gasteiger partial charge is 0.481 e. The summed E-state index contributed by atoms with van der Waals surface area (Å²) in [6.07, 6.45) is 0.391. The van der Waals surface area contributed by atoms with Gasteiger partial charge >= 0.3 is 12.1 Å². The number of halogens is 2. The van der Waals surface area contributed by atoms with E-state index >= 15 is 0 Å². The van der Waals surface area contributed by atoms with Crippen LogP contribution in [-0.2, 0) is 16.1 Å². The second-order valence-corrected chi connectivity index (χ2v) is 9.64. The third-order valence-corrected chi connectivity index (χ3v) is 7.53. The van der Waals surface area contributed by atoms with E-state index in [1.54, 1.807) is 11.8 Å². The van der Waals surface area contributed by atoms with Crippen molar-refractivity contribution in [1.29, 1.82) is 0 Å². The number of benzene rings is 2. The zero-order valence-corrected chi connectivity index (χ0v) is 19.8. The Kier molecular flexibility index (Phi) is 8.14. The fourth-order valence-corrected chi connectivity index (χ4v) is 5.18. The Bertz CT molecular complexity index is 959. The Morgan fingerprint density at radius 1 is 1.10 bits per heavy atom. The molecule has 166 valence electrons. The molecule has 8 heteroatoms. The van der Waals surface area contributed by atoms with Gasteiger partial charge < -0.3 is 14.7 Å². The lowest BCUT2D eigenvalue weighted by Crippen LogP contribution is -2.40. The van der Waals surface area contributed by atoms with Crippen molar-refractivity contribution in [3.63, 3.8) is 0 Å². The van der Waals surface area contributed by atoms with Gasteiger partial charge in [-0.1, -0.05) is 73.1 Å². The van der Waals surface area contributed by atoms with Gasteiger partial charge in [0.05, 0.1) is 16.0 Å². The standard InChI is InChI=1S/C23H25Cl2NO4S/c1-14(2)17-5-3-4-6-18(17)31-19-8-7-16(20(24)21(19)25)13-30-23(29)26-11-9-15(10-12-26)22(27)28/h3-8,14-15H,9-13H2,1-2H3,(H,27,28). The fraction of sp³-hybridized carbons (Fsp3) is 0.391. The lowest BCUT2D eigenvalue weighted by molar-refractivity contribution is -0.143. The second-order valence-electron chi connectivity index (χ2n) is 7.80. The monoisotopic (exact) mass is 481 g/mol. The minimum atomic E-state index is -0.816. The predicted octanol–water partition coefficient (Wildman–Crippen LogP) is 6.70. The van der Waals surface area contributed by atoms with Crippen LogP contribution in [-0.4, -0.2) is 35.2 Å². The number of carbonyl (C=O) groups excluding carboxylic acids is 1.